The van der Waals surface area contributed by atoms with Gasteiger partial charge < -0.3 is 10.6 Å². The maximum absolute atomic E-state index is 11.5. The summed E-state index contributed by atoms with van der Waals surface area (Å²) in [6.07, 6.45) is 0. The van der Waals surface area contributed by atoms with Crippen molar-refractivity contribution < 1.29 is 9.59 Å². The number of nitrogens with zero attached hydrogens (tertiary/aromatic N) is 1. The Labute approximate surface area is 93.2 Å². The molecule has 1 fully saturated rings. The highest BCUT2D eigenvalue weighted by molar-refractivity contribution is 6.04. The van der Waals surface area contributed by atoms with Crippen LogP contribution in [-0.2, 0) is 9.59 Å². The first-order valence-corrected chi connectivity index (χ1v) is 5.04. The summed E-state index contributed by atoms with van der Waals surface area (Å²) < 4.78 is 0. The molecule has 0 spiro atoms. The van der Waals surface area contributed by atoms with Gasteiger partial charge in [0, 0.05) is 11.4 Å². The summed E-state index contributed by atoms with van der Waals surface area (Å²) in [5, 5.41) is 2.29. The summed E-state index contributed by atoms with van der Waals surface area (Å²) in [5.74, 6) is -0.566. The van der Waals surface area contributed by atoms with E-state index in [1.54, 1.807) is 30.0 Å². The Morgan fingerprint density at radius 3 is 2.88 bits per heavy atom. The molecule has 0 saturated carbocycles. The van der Waals surface area contributed by atoms with Gasteiger partial charge in [-0.3, -0.25) is 14.9 Å². The fraction of sp³-hybridized carbons (Fsp3) is 0.273. The lowest BCUT2D eigenvalue weighted by atomic mass is 10.1. The van der Waals surface area contributed by atoms with Crippen molar-refractivity contribution in [1.82, 2.24) is 5.32 Å². The molecule has 84 valence electrons. The van der Waals surface area contributed by atoms with Crippen LogP contribution in [-0.4, -0.2) is 24.4 Å². The van der Waals surface area contributed by atoms with E-state index < -0.39 is 0 Å². The molecule has 1 unspecified atom stereocenters. The fourth-order valence-electron chi connectivity index (χ4n) is 1.73. The molecule has 0 aliphatic carbocycles. The van der Waals surface area contributed by atoms with Crippen molar-refractivity contribution in [3.8, 4) is 0 Å². The van der Waals surface area contributed by atoms with Crippen molar-refractivity contribution in [1.29, 1.82) is 0 Å². The number of hydrogen-bond acceptors (Lipinski definition) is 4. The highest BCUT2D eigenvalue weighted by Crippen LogP contribution is 2.21. The summed E-state index contributed by atoms with van der Waals surface area (Å²) in [4.78, 5) is 24.5. The van der Waals surface area contributed by atoms with Gasteiger partial charge in [-0.1, -0.05) is 6.07 Å². The van der Waals surface area contributed by atoms with Crippen LogP contribution in [0.1, 0.15) is 6.92 Å². The van der Waals surface area contributed by atoms with E-state index in [2.05, 4.69) is 5.32 Å². The van der Waals surface area contributed by atoms with E-state index in [1.807, 2.05) is 6.07 Å². The number of anilines is 2. The number of carbonyl (C=O) groups excluding carboxylic acids is 2. The van der Waals surface area contributed by atoms with Crippen LogP contribution in [0.15, 0.2) is 24.3 Å². The van der Waals surface area contributed by atoms with Crippen LogP contribution in [0.2, 0.25) is 0 Å². The third kappa shape index (κ3) is 1.84. The molecule has 5 heteroatoms. The molecule has 1 saturated heterocycles. The van der Waals surface area contributed by atoms with Gasteiger partial charge in [0.1, 0.15) is 6.04 Å². The highest BCUT2D eigenvalue weighted by atomic mass is 16.2. The first-order chi connectivity index (χ1) is 7.58. The Bertz CT molecular complexity index is 445. The van der Waals surface area contributed by atoms with Gasteiger partial charge in [0.15, 0.2) is 0 Å². The molecule has 1 aliphatic rings. The van der Waals surface area contributed by atoms with Crippen LogP contribution in [0.3, 0.4) is 0 Å². The summed E-state index contributed by atoms with van der Waals surface area (Å²) >= 11 is 0. The molecule has 0 bridgehead atoms. The van der Waals surface area contributed by atoms with Crippen LogP contribution in [0.25, 0.3) is 0 Å². The lowest BCUT2D eigenvalue weighted by Crippen LogP contribution is -2.57. The Morgan fingerprint density at radius 2 is 2.19 bits per heavy atom. The number of piperazine rings is 1. The van der Waals surface area contributed by atoms with E-state index in [-0.39, 0.29) is 24.4 Å². The molecule has 1 atom stereocenters. The average Bonchev–Trinajstić information content (AvgIpc) is 2.23. The van der Waals surface area contributed by atoms with Gasteiger partial charge in [-0.2, -0.15) is 0 Å². The zero-order valence-electron chi connectivity index (χ0n) is 8.93. The minimum absolute atomic E-state index is 0.177. The van der Waals surface area contributed by atoms with Crippen LogP contribution >= 0.6 is 0 Å². The van der Waals surface area contributed by atoms with Gasteiger partial charge in [0.2, 0.25) is 11.8 Å². The standard InChI is InChI=1S/C11H13N3O2/c1-7-11(16)13-10(15)6-14(7)9-4-2-3-8(12)5-9/h2-5,7H,6,12H2,1H3,(H,13,15,16). The van der Waals surface area contributed by atoms with Crippen LogP contribution < -0.4 is 16.0 Å². The van der Waals surface area contributed by atoms with E-state index in [9.17, 15) is 9.59 Å². The molecular weight excluding hydrogens is 206 g/mol. The second-order valence-corrected chi connectivity index (χ2v) is 3.81. The Hall–Kier alpha value is -2.04. The number of carbonyl (C=O) groups is 2. The molecule has 2 rings (SSSR count). The van der Waals surface area contributed by atoms with E-state index >= 15 is 0 Å². The van der Waals surface area contributed by atoms with Crippen molar-refractivity contribution >= 4 is 23.2 Å². The van der Waals surface area contributed by atoms with Gasteiger partial charge in [0.05, 0.1) is 6.54 Å². The number of nitrogens with one attached hydrogen (secondary N) is 1. The van der Waals surface area contributed by atoms with Crippen molar-refractivity contribution in [2.45, 2.75) is 13.0 Å². The number of nitrogen functional groups attached to an aromatic ring is 1. The van der Waals surface area contributed by atoms with Crippen molar-refractivity contribution in [3.63, 3.8) is 0 Å². The van der Waals surface area contributed by atoms with E-state index in [4.69, 9.17) is 5.73 Å². The zero-order valence-corrected chi connectivity index (χ0v) is 8.93. The van der Waals surface area contributed by atoms with Crippen molar-refractivity contribution in [3.05, 3.63) is 24.3 Å². The lowest BCUT2D eigenvalue weighted by Gasteiger charge is -2.33. The van der Waals surface area contributed by atoms with Gasteiger partial charge >= 0.3 is 0 Å². The maximum atomic E-state index is 11.5. The van der Waals surface area contributed by atoms with Gasteiger partial charge in [-0.15, -0.1) is 0 Å². The van der Waals surface area contributed by atoms with Crippen molar-refractivity contribution in [2.24, 2.45) is 0 Å². The predicted molar refractivity (Wildman–Crippen MR) is 60.8 cm³/mol. The Morgan fingerprint density at radius 1 is 1.44 bits per heavy atom. The second-order valence-electron chi connectivity index (χ2n) is 3.81. The molecule has 16 heavy (non-hydrogen) atoms. The average molecular weight is 219 g/mol. The van der Waals surface area contributed by atoms with Gasteiger partial charge in [-0.25, -0.2) is 0 Å². The fourth-order valence-corrected chi connectivity index (χ4v) is 1.73. The molecule has 0 aromatic heterocycles. The molecule has 2 amide bonds. The molecule has 0 radical (unpaired) electrons. The van der Waals surface area contributed by atoms with Gasteiger partial charge in [0.25, 0.3) is 0 Å². The number of hydrogen-bond donors (Lipinski definition) is 2. The molecular formula is C11H13N3O2. The Balaban J connectivity index is 2.32. The third-order valence-corrected chi connectivity index (χ3v) is 2.63. The van der Waals surface area contributed by atoms with E-state index in [0.717, 1.165) is 5.69 Å². The summed E-state index contributed by atoms with van der Waals surface area (Å²) in [6.45, 7) is 1.93. The molecule has 1 aromatic carbocycles. The van der Waals surface area contributed by atoms with E-state index in [0.29, 0.717) is 5.69 Å². The monoisotopic (exact) mass is 219 g/mol. The summed E-state index contributed by atoms with van der Waals surface area (Å²) in [7, 11) is 0. The maximum Gasteiger partial charge on any atom is 0.249 e. The van der Waals surface area contributed by atoms with E-state index in [1.165, 1.54) is 0 Å². The summed E-state index contributed by atoms with van der Waals surface area (Å²) in [6, 6.07) is 6.79. The first-order valence-electron chi connectivity index (χ1n) is 5.04. The smallest absolute Gasteiger partial charge is 0.249 e. The van der Waals surface area contributed by atoms with Gasteiger partial charge in [-0.05, 0) is 25.1 Å². The minimum atomic E-state index is -0.362. The Kier molecular flexibility index (Phi) is 2.52. The predicted octanol–water partition coefficient (Wildman–Crippen LogP) is 0.120. The first kappa shape index (κ1) is 10.5. The highest BCUT2D eigenvalue weighted by Gasteiger charge is 2.30. The molecule has 1 aliphatic heterocycles. The topological polar surface area (TPSA) is 75.4 Å². The lowest BCUT2D eigenvalue weighted by molar-refractivity contribution is -0.132. The van der Waals surface area contributed by atoms with Crippen molar-refractivity contribution in [2.75, 3.05) is 17.2 Å². The molecule has 5 nitrogen and oxygen atoms in total. The SMILES string of the molecule is CC1C(=O)NC(=O)CN1c1cccc(N)c1. The largest absolute Gasteiger partial charge is 0.399 e. The second kappa shape index (κ2) is 3.84. The zero-order chi connectivity index (χ0) is 11.7. The third-order valence-electron chi connectivity index (χ3n) is 2.63. The van der Waals surface area contributed by atoms with Crippen LogP contribution in [0.5, 0.6) is 0 Å². The molecule has 1 heterocycles. The number of benzene rings is 1. The molecule has 3 N–H and O–H groups in total. The number of imide groups is 1. The number of nitrogens with two attached hydrogens (primary N) is 1. The van der Waals surface area contributed by atoms with Crippen LogP contribution in [0.4, 0.5) is 11.4 Å². The number of amides is 2. The summed E-state index contributed by atoms with van der Waals surface area (Å²) in [5.41, 5.74) is 7.07. The quantitative estimate of drug-likeness (QED) is 0.519. The van der Waals surface area contributed by atoms with Crippen LogP contribution in [0, 0.1) is 0 Å². The number of rotatable bonds is 1. The minimum Gasteiger partial charge on any atom is -0.399 e. The molecule has 1 aromatic rings. The normalized spacial score (nSPS) is 20.8.